The number of ether oxygens (including phenoxy) is 2. The molecule has 20 heavy (non-hydrogen) atoms. The molecule has 1 aliphatic rings. The maximum atomic E-state index is 12.0. The van der Waals surface area contributed by atoms with E-state index >= 15 is 0 Å². The predicted octanol–water partition coefficient (Wildman–Crippen LogP) is 1.26. The Morgan fingerprint density at radius 2 is 1.90 bits per heavy atom. The second kappa shape index (κ2) is 6.11. The molecule has 0 spiro atoms. The van der Waals surface area contributed by atoms with Gasteiger partial charge >= 0.3 is 18.0 Å². The van der Waals surface area contributed by atoms with Gasteiger partial charge in [0.2, 0.25) is 0 Å². The first-order valence-electron chi connectivity index (χ1n) is 6.56. The van der Waals surface area contributed by atoms with Crippen LogP contribution in [0.2, 0.25) is 0 Å². The molecule has 0 aliphatic carbocycles. The van der Waals surface area contributed by atoms with Crippen molar-refractivity contribution in [3.05, 3.63) is 0 Å². The third kappa shape index (κ3) is 3.85. The Hall–Kier alpha value is -1.79. The highest BCUT2D eigenvalue weighted by Gasteiger charge is 2.47. The lowest BCUT2D eigenvalue weighted by molar-refractivity contribution is -0.155. The Balaban J connectivity index is 2.86. The van der Waals surface area contributed by atoms with Crippen LogP contribution in [0.15, 0.2) is 0 Å². The molecule has 2 atom stereocenters. The normalized spacial score (nSPS) is 22.5. The monoisotopic (exact) mass is 287 g/mol. The van der Waals surface area contributed by atoms with Gasteiger partial charge in [0.1, 0.15) is 11.6 Å². The van der Waals surface area contributed by atoms with Gasteiger partial charge < -0.3 is 14.6 Å². The molecule has 0 bridgehead atoms. The molecule has 114 valence electrons. The quantitative estimate of drug-likeness (QED) is 0.785. The average molecular weight is 287 g/mol. The van der Waals surface area contributed by atoms with E-state index in [0.29, 0.717) is 0 Å². The number of likely N-dealkylation sites (tertiary alicyclic amines) is 1. The molecular weight excluding hydrogens is 266 g/mol. The summed E-state index contributed by atoms with van der Waals surface area (Å²) >= 11 is 0. The van der Waals surface area contributed by atoms with Crippen LogP contribution in [0.5, 0.6) is 0 Å². The highest BCUT2D eigenvalue weighted by molar-refractivity contribution is 5.88. The Kier molecular flexibility index (Phi) is 4.97. The van der Waals surface area contributed by atoms with Crippen LogP contribution in [-0.2, 0) is 19.1 Å². The molecule has 0 saturated carbocycles. The zero-order valence-corrected chi connectivity index (χ0v) is 12.2. The summed E-state index contributed by atoms with van der Waals surface area (Å²) in [7, 11) is 0. The fraction of sp³-hybridized carbons (Fsp3) is 0.769. The zero-order valence-electron chi connectivity index (χ0n) is 12.2. The fourth-order valence-corrected chi connectivity index (χ4v) is 2.12. The molecule has 1 fully saturated rings. The molecule has 0 aromatic rings. The molecule has 7 heteroatoms. The van der Waals surface area contributed by atoms with Gasteiger partial charge in [-0.15, -0.1) is 0 Å². The summed E-state index contributed by atoms with van der Waals surface area (Å²) in [6.07, 6.45) is -0.466. The van der Waals surface area contributed by atoms with Gasteiger partial charge in [-0.3, -0.25) is 9.69 Å². The molecule has 1 aliphatic heterocycles. The SMILES string of the molecule is CCOC(=O)[C@H]1CCN(C(=O)OC(C)(C)C)[C@H]1C(=O)O. The molecule has 1 rings (SSSR count). The lowest BCUT2D eigenvalue weighted by atomic mass is 10.0. The highest BCUT2D eigenvalue weighted by Crippen LogP contribution is 2.27. The van der Waals surface area contributed by atoms with Crippen LogP contribution in [0.3, 0.4) is 0 Å². The predicted molar refractivity (Wildman–Crippen MR) is 69.1 cm³/mol. The second-order valence-electron chi connectivity index (χ2n) is 5.60. The van der Waals surface area contributed by atoms with Gasteiger partial charge in [-0.05, 0) is 34.1 Å². The van der Waals surface area contributed by atoms with Gasteiger partial charge in [0.15, 0.2) is 0 Å². The van der Waals surface area contributed by atoms with Crippen molar-refractivity contribution >= 4 is 18.0 Å². The van der Waals surface area contributed by atoms with Crippen molar-refractivity contribution in [3.63, 3.8) is 0 Å². The van der Waals surface area contributed by atoms with E-state index in [1.165, 1.54) is 0 Å². The lowest BCUT2D eigenvalue weighted by Gasteiger charge is -2.27. The topological polar surface area (TPSA) is 93.1 Å². The van der Waals surface area contributed by atoms with E-state index in [1.807, 2.05) is 0 Å². The summed E-state index contributed by atoms with van der Waals surface area (Å²) < 4.78 is 10.0. The minimum absolute atomic E-state index is 0.162. The van der Waals surface area contributed by atoms with Crippen LogP contribution >= 0.6 is 0 Å². The number of carbonyl (C=O) groups excluding carboxylic acids is 2. The largest absolute Gasteiger partial charge is 0.480 e. The Morgan fingerprint density at radius 3 is 2.35 bits per heavy atom. The van der Waals surface area contributed by atoms with Crippen LogP contribution < -0.4 is 0 Å². The molecule has 0 radical (unpaired) electrons. The van der Waals surface area contributed by atoms with Gasteiger partial charge in [0, 0.05) is 6.54 Å². The van der Waals surface area contributed by atoms with E-state index in [-0.39, 0.29) is 19.6 Å². The van der Waals surface area contributed by atoms with Gasteiger partial charge in [0.05, 0.1) is 12.5 Å². The highest BCUT2D eigenvalue weighted by atomic mass is 16.6. The van der Waals surface area contributed by atoms with Crippen molar-refractivity contribution < 1.29 is 29.0 Å². The van der Waals surface area contributed by atoms with E-state index in [2.05, 4.69) is 0 Å². The molecule has 1 amide bonds. The minimum atomic E-state index is -1.23. The third-order valence-corrected chi connectivity index (χ3v) is 2.87. The molecule has 0 aromatic carbocycles. The first-order valence-corrected chi connectivity index (χ1v) is 6.56. The van der Waals surface area contributed by atoms with Crippen molar-refractivity contribution in [1.82, 2.24) is 4.90 Å². The average Bonchev–Trinajstić information content (AvgIpc) is 2.71. The molecule has 1 N–H and O–H groups in total. The summed E-state index contributed by atoms with van der Waals surface area (Å²) in [5.74, 6) is -2.67. The molecule has 0 aromatic heterocycles. The van der Waals surface area contributed by atoms with Gasteiger partial charge in [-0.2, -0.15) is 0 Å². The van der Waals surface area contributed by atoms with Gasteiger partial charge in [-0.1, -0.05) is 0 Å². The van der Waals surface area contributed by atoms with Crippen molar-refractivity contribution in [2.75, 3.05) is 13.2 Å². The van der Waals surface area contributed by atoms with E-state index in [9.17, 15) is 19.5 Å². The number of esters is 1. The molecule has 7 nitrogen and oxygen atoms in total. The summed E-state index contributed by atoms with van der Waals surface area (Å²) in [4.78, 5) is 36.2. The number of hydrogen-bond acceptors (Lipinski definition) is 5. The van der Waals surface area contributed by atoms with Crippen molar-refractivity contribution in [1.29, 1.82) is 0 Å². The van der Waals surface area contributed by atoms with Crippen LogP contribution in [0, 0.1) is 5.92 Å². The number of carboxylic acid groups (broad SMARTS) is 1. The number of carbonyl (C=O) groups is 3. The third-order valence-electron chi connectivity index (χ3n) is 2.87. The van der Waals surface area contributed by atoms with Crippen molar-refractivity contribution in [2.24, 2.45) is 5.92 Å². The maximum Gasteiger partial charge on any atom is 0.411 e. The smallest absolute Gasteiger partial charge is 0.411 e. The van der Waals surface area contributed by atoms with Gasteiger partial charge in [0.25, 0.3) is 0 Å². The minimum Gasteiger partial charge on any atom is -0.480 e. The molecular formula is C13H21NO6. The Bertz CT molecular complexity index is 400. The van der Waals surface area contributed by atoms with Crippen LogP contribution in [0.1, 0.15) is 34.1 Å². The fourth-order valence-electron chi connectivity index (χ4n) is 2.12. The zero-order chi connectivity index (χ0) is 15.5. The van der Waals surface area contributed by atoms with Crippen molar-refractivity contribution in [3.8, 4) is 0 Å². The van der Waals surface area contributed by atoms with Gasteiger partial charge in [-0.25, -0.2) is 9.59 Å². The summed E-state index contributed by atoms with van der Waals surface area (Å²) in [6, 6.07) is -1.23. The van der Waals surface area contributed by atoms with Crippen LogP contribution in [0.4, 0.5) is 4.79 Å². The summed E-state index contributed by atoms with van der Waals surface area (Å²) in [5.41, 5.74) is -0.720. The van der Waals surface area contributed by atoms with Crippen molar-refractivity contribution in [2.45, 2.75) is 45.8 Å². The summed E-state index contributed by atoms with van der Waals surface area (Å²) in [6.45, 7) is 7.07. The van der Waals surface area contributed by atoms with E-state index < -0.39 is 35.6 Å². The number of nitrogens with zero attached hydrogens (tertiary/aromatic N) is 1. The number of aliphatic carboxylic acids is 1. The molecule has 1 heterocycles. The second-order valence-corrected chi connectivity index (χ2v) is 5.60. The Morgan fingerprint density at radius 1 is 1.30 bits per heavy atom. The molecule has 0 unspecified atom stereocenters. The Labute approximate surface area is 117 Å². The van der Waals surface area contributed by atoms with E-state index in [4.69, 9.17) is 9.47 Å². The van der Waals surface area contributed by atoms with Crippen LogP contribution in [-0.4, -0.2) is 52.8 Å². The molecule has 1 saturated heterocycles. The standard InChI is InChI=1S/C13H21NO6/c1-5-19-11(17)8-6-7-14(9(8)10(15)16)12(18)20-13(2,3)4/h8-9H,5-7H2,1-4H3,(H,15,16)/t8-,9+/m0/s1. The lowest BCUT2D eigenvalue weighted by Crippen LogP contribution is -2.47. The van der Waals surface area contributed by atoms with E-state index in [0.717, 1.165) is 4.90 Å². The summed E-state index contributed by atoms with van der Waals surface area (Å²) in [5, 5.41) is 9.26. The van der Waals surface area contributed by atoms with Crippen LogP contribution in [0.25, 0.3) is 0 Å². The number of amides is 1. The number of carboxylic acids is 1. The first kappa shape index (κ1) is 16.3. The maximum absolute atomic E-state index is 12.0. The number of rotatable bonds is 3. The first-order chi connectivity index (χ1) is 9.17. The number of hydrogen-bond donors (Lipinski definition) is 1. The van der Waals surface area contributed by atoms with E-state index in [1.54, 1.807) is 27.7 Å².